The smallest absolute Gasteiger partial charge is 0.208 e. The molecule has 0 bridgehead atoms. The maximum atomic E-state index is 10.8. The Bertz CT molecular complexity index is 624. The summed E-state index contributed by atoms with van der Waals surface area (Å²) < 4.78 is 5.93. The van der Waals surface area contributed by atoms with Crippen LogP contribution in [0, 0.1) is 11.5 Å². The first kappa shape index (κ1) is 14.2. The monoisotopic (exact) mass is 303 g/mol. The molecule has 1 fully saturated rings. The summed E-state index contributed by atoms with van der Waals surface area (Å²) >= 11 is 1.55. The van der Waals surface area contributed by atoms with Crippen molar-refractivity contribution in [3.8, 4) is 11.9 Å². The third-order valence-electron chi connectivity index (χ3n) is 3.91. The van der Waals surface area contributed by atoms with Crippen molar-refractivity contribution < 1.29 is 9.84 Å². The number of aliphatic hydroxyl groups excluding tert-OH is 1. The summed E-state index contributed by atoms with van der Waals surface area (Å²) in [5.41, 5.74) is 0.252. The van der Waals surface area contributed by atoms with E-state index in [1.807, 2.05) is 49.2 Å². The van der Waals surface area contributed by atoms with Crippen molar-refractivity contribution in [2.75, 3.05) is 12.3 Å². The first-order valence-electron chi connectivity index (χ1n) is 6.87. The van der Waals surface area contributed by atoms with Crippen LogP contribution in [0.5, 0.6) is 5.75 Å². The van der Waals surface area contributed by atoms with Crippen LogP contribution in [0.4, 0.5) is 0 Å². The molecule has 2 aliphatic rings. The predicted molar refractivity (Wildman–Crippen MR) is 82.1 cm³/mol. The highest BCUT2D eigenvalue weighted by Gasteiger charge is 2.47. The molecule has 2 aliphatic heterocycles. The van der Waals surface area contributed by atoms with Crippen LogP contribution in [0.15, 0.2) is 29.3 Å². The molecule has 0 radical (unpaired) electrons. The summed E-state index contributed by atoms with van der Waals surface area (Å²) in [6.07, 6.45) is 1.15. The molecule has 0 aromatic heterocycles. The van der Waals surface area contributed by atoms with Gasteiger partial charge in [-0.3, -0.25) is 0 Å². The lowest BCUT2D eigenvalue weighted by Gasteiger charge is -2.45. The Labute approximate surface area is 128 Å². The number of para-hydroxylation sites is 1. The number of fused-ring (bicyclic) bond motifs is 1. The van der Waals surface area contributed by atoms with E-state index in [4.69, 9.17) is 10.00 Å². The molecule has 0 spiro atoms. The van der Waals surface area contributed by atoms with E-state index >= 15 is 0 Å². The first-order valence-corrected chi connectivity index (χ1v) is 7.85. The highest BCUT2D eigenvalue weighted by atomic mass is 32.2. The summed E-state index contributed by atoms with van der Waals surface area (Å²) in [4.78, 5) is 5.91. The second-order valence-corrected chi connectivity index (χ2v) is 6.73. The molecule has 5 nitrogen and oxygen atoms in total. The van der Waals surface area contributed by atoms with Crippen LogP contribution in [0.2, 0.25) is 0 Å². The molecule has 3 rings (SSSR count). The summed E-state index contributed by atoms with van der Waals surface area (Å²) in [6.45, 7) is 4.52. The van der Waals surface area contributed by atoms with Gasteiger partial charge in [0.05, 0.1) is 6.04 Å². The molecule has 0 amide bonds. The average molecular weight is 303 g/mol. The van der Waals surface area contributed by atoms with E-state index < -0.39 is 11.7 Å². The second kappa shape index (κ2) is 5.24. The normalized spacial score (nSPS) is 28.9. The predicted octanol–water partition coefficient (Wildman–Crippen LogP) is 2.15. The Morgan fingerprint density at radius 2 is 2.24 bits per heavy atom. The lowest BCUT2D eigenvalue weighted by atomic mass is 9.86. The molecule has 21 heavy (non-hydrogen) atoms. The lowest BCUT2D eigenvalue weighted by Crippen LogP contribution is -2.53. The number of nitrogens with zero attached hydrogens (tertiary/aromatic N) is 3. The van der Waals surface area contributed by atoms with Crippen LogP contribution >= 0.6 is 11.8 Å². The van der Waals surface area contributed by atoms with Gasteiger partial charge in [0.15, 0.2) is 5.17 Å². The van der Waals surface area contributed by atoms with Crippen LogP contribution in [-0.2, 0) is 0 Å². The van der Waals surface area contributed by atoms with Gasteiger partial charge < -0.3 is 14.7 Å². The molecule has 110 valence electrons. The Morgan fingerprint density at radius 3 is 3.00 bits per heavy atom. The number of ether oxygens (including phenoxy) is 1. The van der Waals surface area contributed by atoms with Crippen LogP contribution in [0.25, 0.3) is 0 Å². The van der Waals surface area contributed by atoms with Gasteiger partial charge in [-0.25, -0.2) is 0 Å². The molecule has 6 heteroatoms. The van der Waals surface area contributed by atoms with Crippen molar-refractivity contribution in [3.05, 3.63) is 29.8 Å². The number of hydrogen-bond acceptors (Lipinski definition) is 5. The Hall–Kier alpha value is -1.71. The van der Waals surface area contributed by atoms with E-state index in [1.165, 1.54) is 0 Å². The topological polar surface area (TPSA) is 68.8 Å². The second-order valence-electron chi connectivity index (χ2n) is 5.67. The fourth-order valence-corrected chi connectivity index (χ4v) is 3.81. The summed E-state index contributed by atoms with van der Waals surface area (Å²) in [7, 11) is 0. The molecule has 1 aromatic rings. The van der Waals surface area contributed by atoms with Gasteiger partial charge in [-0.05, 0) is 19.9 Å². The van der Waals surface area contributed by atoms with Crippen molar-refractivity contribution in [2.45, 2.75) is 31.6 Å². The molecule has 1 aromatic carbocycles. The number of rotatable bonds is 1. The van der Waals surface area contributed by atoms with Crippen molar-refractivity contribution in [3.63, 3.8) is 0 Å². The SMILES string of the molecule is CC1(C)Oc2ccccc2[C@@H](N2CCSC2=NC#N)[C@@H]1O. The van der Waals surface area contributed by atoms with Gasteiger partial charge in [-0.1, -0.05) is 30.0 Å². The van der Waals surface area contributed by atoms with E-state index in [-0.39, 0.29) is 6.04 Å². The number of benzene rings is 1. The summed E-state index contributed by atoms with van der Waals surface area (Å²) in [5.74, 6) is 1.65. The number of nitriles is 1. The zero-order valence-corrected chi connectivity index (χ0v) is 12.8. The minimum Gasteiger partial charge on any atom is -0.485 e. The van der Waals surface area contributed by atoms with Gasteiger partial charge in [-0.2, -0.15) is 5.26 Å². The fourth-order valence-electron chi connectivity index (χ4n) is 2.86. The van der Waals surface area contributed by atoms with E-state index in [0.717, 1.165) is 23.6 Å². The van der Waals surface area contributed by atoms with Gasteiger partial charge in [-0.15, -0.1) is 4.99 Å². The Balaban J connectivity index is 2.08. The zero-order chi connectivity index (χ0) is 15.0. The average Bonchev–Trinajstić information content (AvgIpc) is 2.88. The standard InChI is InChI=1S/C15H17N3O2S/c1-15(2)13(19)12(10-5-3-4-6-11(10)20-15)18-7-8-21-14(18)17-9-16/h3-6,12-13,19H,7-8H2,1-2H3/t12-,13+/m1/s1. The maximum Gasteiger partial charge on any atom is 0.208 e. The van der Waals surface area contributed by atoms with Gasteiger partial charge in [0.1, 0.15) is 17.5 Å². The number of amidine groups is 1. The van der Waals surface area contributed by atoms with Crippen LogP contribution < -0.4 is 4.74 Å². The molecule has 1 saturated heterocycles. The number of hydrogen-bond donors (Lipinski definition) is 1. The molecule has 2 atom stereocenters. The highest BCUT2D eigenvalue weighted by molar-refractivity contribution is 8.14. The van der Waals surface area contributed by atoms with E-state index in [1.54, 1.807) is 11.8 Å². The number of aliphatic imine (C=N–C) groups is 1. The molecule has 2 heterocycles. The Kier molecular flexibility index (Phi) is 3.56. The van der Waals surface area contributed by atoms with Crippen LogP contribution in [-0.4, -0.2) is 39.2 Å². The Morgan fingerprint density at radius 1 is 1.48 bits per heavy atom. The van der Waals surface area contributed by atoms with E-state index in [0.29, 0.717) is 5.17 Å². The van der Waals surface area contributed by atoms with Gasteiger partial charge in [0.25, 0.3) is 0 Å². The minimum absolute atomic E-state index is 0.243. The fraction of sp³-hybridized carbons (Fsp3) is 0.467. The molecule has 0 aliphatic carbocycles. The van der Waals surface area contributed by atoms with E-state index in [9.17, 15) is 5.11 Å². The molecular weight excluding hydrogens is 286 g/mol. The van der Waals surface area contributed by atoms with Crippen LogP contribution in [0.1, 0.15) is 25.5 Å². The number of thioether (sulfide) groups is 1. The van der Waals surface area contributed by atoms with Crippen LogP contribution in [0.3, 0.4) is 0 Å². The zero-order valence-electron chi connectivity index (χ0n) is 12.0. The largest absolute Gasteiger partial charge is 0.485 e. The first-order chi connectivity index (χ1) is 10.0. The minimum atomic E-state index is -0.699. The third kappa shape index (κ3) is 2.37. The van der Waals surface area contributed by atoms with Crippen molar-refractivity contribution in [1.29, 1.82) is 5.26 Å². The van der Waals surface area contributed by atoms with Gasteiger partial charge in [0, 0.05) is 17.9 Å². The van der Waals surface area contributed by atoms with Crippen molar-refractivity contribution >= 4 is 16.9 Å². The molecule has 1 N–H and O–H groups in total. The van der Waals surface area contributed by atoms with E-state index in [2.05, 4.69) is 4.99 Å². The summed E-state index contributed by atoms with van der Waals surface area (Å²) in [6, 6.07) is 7.50. The molecule has 0 saturated carbocycles. The highest BCUT2D eigenvalue weighted by Crippen LogP contribution is 2.44. The maximum absolute atomic E-state index is 10.8. The molecule has 0 unspecified atom stereocenters. The number of aliphatic hydroxyl groups is 1. The molecular formula is C15H17N3O2S. The third-order valence-corrected chi connectivity index (χ3v) is 4.88. The van der Waals surface area contributed by atoms with Gasteiger partial charge in [0.2, 0.25) is 6.19 Å². The quantitative estimate of drug-likeness (QED) is 0.805. The van der Waals surface area contributed by atoms with Crippen molar-refractivity contribution in [2.24, 2.45) is 4.99 Å². The van der Waals surface area contributed by atoms with Gasteiger partial charge >= 0.3 is 0 Å². The lowest BCUT2D eigenvalue weighted by molar-refractivity contribution is -0.0799. The van der Waals surface area contributed by atoms with Crippen molar-refractivity contribution in [1.82, 2.24) is 4.90 Å². The summed E-state index contributed by atoms with van der Waals surface area (Å²) in [5, 5.41) is 20.3.